The molecule has 1 aliphatic heterocycles. The molecule has 0 amide bonds. The third-order valence-corrected chi connectivity index (χ3v) is 3.87. The molecule has 0 aliphatic carbocycles. The Labute approximate surface area is 116 Å². The fraction of sp³-hybridized carbons (Fsp3) is 0.562. The molecule has 1 atom stereocenters. The van der Waals surface area contributed by atoms with Gasteiger partial charge >= 0.3 is 0 Å². The van der Waals surface area contributed by atoms with Crippen molar-refractivity contribution in [2.75, 3.05) is 26.2 Å². The molecular weight excluding hydrogens is 234 g/mol. The van der Waals surface area contributed by atoms with Gasteiger partial charge in [-0.25, -0.2) is 0 Å². The van der Waals surface area contributed by atoms with Crippen LogP contribution in [0, 0.1) is 11.3 Å². The molecule has 1 unspecified atom stereocenters. The van der Waals surface area contributed by atoms with Crippen LogP contribution in [-0.4, -0.2) is 31.1 Å². The van der Waals surface area contributed by atoms with Crippen molar-refractivity contribution in [1.82, 2.24) is 10.2 Å². The molecule has 0 bridgehead atoms. The van der Waals surface area contributed by atoms with Crippen LogP contribution in [-0.2, 0) is 0 Å². The average molecular weight is 257 g/mol. The van der Waals surface area contributed by atoms with Gasteiger partial charge in [0.2, 0.25) is 0 Å². The van der Waals surface area contributed by atoms with Gasteiger partial charge in [-0.15, -0.1) is 0 Å². The van der Waals surface area contributed by atoms with Crippen molar-refractivity contribution in [3.8, 4) is 6.07 Å². The van der Waals surface area contributed by atoms with E-state index in [1.54, 1.807) is 0 Å². The molecule has 0 saturated carbocycles. The Bertz CT molecular complexity index is 413. The van der Waals surface area contributed by atoms with E-state index in [4.69, 9.17) is 5.26 Å². The van der Waals surface area contributed by atoms with Crippen LogP contribution in [0.4, 0.5) is 0 Å². The second kappa shape index (κ2) is 7.28. The monoisotopic (exact) mass is 257 g/mol. The highest BCUT2D eigenvalue weighted by molar-refractivity contribution is 5.32. The molecule has 1 aromatic rings. The first-order chi connectivity index (χ1) is 9.29. The Morgan fingerprint density at radius 2 is 1.89 bits per heavy atom. The van der Waals surface area contributed by atoms with Gasteiger partial charge in [0, 0.05) is 19.1 Å². The minimum atomic E-state index is 0.345. The molecule has 3 nitrogen and oxygen atoms in total. The summed E-state index contributed by atoms with van der Waals surface area (Å²) in [5.41, 5.74) is 1.97. The summed E-state index contributed by atoms with van der Waals surface area (Å²) in [5.74, 6) is 0. The predicted molar refractivity (Wildman–Crippen MR) is 77.9 cm³/mol. The lowest BCUT2D eigenvalue weighted by Crippen LogP contribution is -2.36. The molecule has 2 rings (SSSR count). The number of likely N-dealkylation sites (tertiary alicyclic amines) is 1. The van der Waals surface area contributed by atoms with E-state index in [1.165, 1.54) is 37.9 Å². The molecule has 1 aromatic carbocycles. The number of rotatable bonds is 5. The molecule has 19 heavy (non-hydrogen) atoms. The summed E-state index contributed by atoms with van der Waals surface area (Å²) in [5, 5.41) is 12.3. The molecule has 1 heterocycles. The zero-order chi connectivity index (χ0) is 13.5. The smallest absolute Gasteiger partial charge is 0.0991 e. The van der Waals surface area contributed by atoms with Gasteiger partial charge in [-0.3, -0.25) is 0 Å². The molecule has 102 valence electrons. The maximum atomic E-state index is 8.78. The van der Waals surface area contributed by atoms with Crippen molar-refractivity contribution in [3.63, 3.8) is 0 Å². The van der Waals surface area contributed by atoms with Gasteiger partial charge in [0.1, 0.15) is 0 Å². The highest BCUT2D eigenvalue weighted by atomic mass is 15.1. The van der Waals surface area contributed by atoms with Crippen molar-refractivity contribution in [3.05, 3.63) is 35.4 Å². The fourth-order valence-corrected chi connectivity index (χ4v) is 2.59. The summed E-state index contributed by atoms with van der Waals surface area (Å²) in [7, 11) is 0. The number of nitrogens with zero attached hydrogens (tertiary/aromatic N) is 2. The number of nitrogens with one attached hydrogen (secondary N) is 1. The summed E-state index contributed by atoms with van der Waals surface area (Å²) in [6.07, 6.45) is 4.10. The SMILES string of the molecule is CC(NCCN1CCCCC1)c1ccc(C#N)cc1. The van der Waals surface area contributed by atoms with Crippen LogP contribution in [0.1, 0.15) is 43.4 Å². The van der Waals surface area contributed by atoms with Crippen molar-refractivity contribution in [2.45, 2.75) is 32.2 Å². The van der Waals surface area contributed by atoms with Gasteiger partial charge in [0.15, 0.2) is 0 Å². The zero-order valence-electron chi connectivity index (χ0n) is 11.7. The van der Waals surface area contributed by atoms with Gasteiger partial charge in [0.25, 0.3) is 0 Å². The molecular formula is C16H23N3. The topological polar surface area (TPSA) is 39.1 Å². The zero-order valence-corrected chi connectivity index (χ0v) is 11.7. The lowest BCUT2D eigenvalue weighted by Gasteiger charge is -2.27. The minimum Gasteiger partial charge on any atom is -0.309 e. The standard InChI is InChI=1S/C16H23N3/c1-14(16-7-5-15(13-17)6-8-16)18-9-12-19-10-3-2-4-11-19/h5-8,14,18H,2-4,9-12H2,1H3. The molecule has 1 saturated heterocycles. The molecule has 3 heteroatoms. The first-order valence-electron chi connectivity index (χ1n) is 7.25. The van der Waals surface area contributed by atoms with Crippen molar-refractivity contribution in [2.24, 2.45) is 0 Å². The van der Waals surface area contributed by atoms with Crippen LogP contribution < -0.4 is 5.32 Å². The third-order valence-electron chi connectivity index (χ3n) is 3.87. The van der Waals surface area contributed by atoms with E-state index < -0.39 is 0 Å². The highest BCUT2D eigenvalue weighted by Crippen LogP contribution is 2.13. The van der Waals surface area contributed by atoms with E-state index in [1.807, 2.05) is 24.3 Å². The highest BCUT2D eigenvalue weighted by Gasteiger charge is 2.10. The van der Waals surface area contributed by atoms with Crippen LogP contribution in [0.5, 0.6) is 0 Å². The summed E-state index contributed by atoms with van der Waals surface area (Å²) in [6.45, 7) is 6.86. The Hall–Kier alpha value is -1.37. The molecule has 1 N–H and O–H groups in total. The number of piperidine rings is 1. The van der Waals surface area contributed by atoms with Crippen LogP contribution in [0.3, 0.4) is 0 Å². The van der Waals surface area contributed by atoms with E-state index in [0.717, 1.165) is 18.7 Å². The normalized spacial score (nSPS) is 17.9. The van der Waals surface area contributed by atoms with E-state index in [2.05, 4.69) is 23.2 Å². The molecule has 0 radical (unpaired) electrons. The van der Waals surface area contributed by atoms with Gasteiger partial charge in [-0.1, -0.05) is 18.6 Å². The summed E-state index contributed by atoms with van der Waals surface area (Å²) < 4.78 is 0. The summed E-state index contributed by atoms with van der Waals surface area (Å²) in [4.78, 5) is 2.54. The third kappa shape index (κ3) is 4.34. The number of benzene rings is 1. The van der Waals surface area contributed by atoms with Gasteiger partial charge in [-0.05, 0) is 50.6 Å². The molecule has 0 spiro atoms. The van der Waals surface area contributed by atoms with Crippen molar-refractivity contribution >= 4 is 0 Å². The van der Waals surface area contributed by atoms with E-state index in [9.17, 15) is 0 Å². The first-order valence-corrected chi connectivity index (χ1v) is 7.25. The summed E-state index contributed by atoms with van der Waals surface area (Å²) in [6, 6.07) is 10.3. The van der Waals surface area contributed by atoms with Crippen LogP contribution >= 0.6 is 0 Å². The van der Waals surface area contributed by atoms with E-state index in [-0.39, 0.29) is 0 Å². The lowest BCUT2D eigenvalue weighted by atomic mass is 10.1. The van der Waals surface area contributed by atoms with E-state index in [0.29, 0.717) is 6.04 Å². The number of hydrogen-bond acceptors (Lipinski definition) is 3. The van der Waals surface area contributed by atoms with Gasteiger partial charge in [0.05, 0.1) is 11.6 Å². The van der Waals surface area contributed by atoms with Crippen LogP contribution in [0.15, 0.2) is 24.3 Å². The largest absolute Gasteiger partial charge is 0.309 e. The maximum absolute atomic E-state index is 8.78. The minimum absolute atomic E-state index is 0.345. The Kier molecular flexibility index (Phi) is 5.38. The van der Waals surface area contributed by atoms with Crippen LogP contribution in [0.2, 0.25) is 0 Å². The molecule has 0 aromatic heterocycles. The predicted octanol–water partition coefficient (Wildman–Crippen LogP) is 2.69. The van der Waals surface area contributed by atoms with Gasteiger partial charge in [-0.2, -0.15) is 5.26 Å². The van der Waals surface area contributed by atoms with Gasteiger partial charge < -0.3 is 10.2 Å². The molecule has 1 fully saturated rings. The number of nitriles is 1. The second-order valence-electron chi connectivity index (χ2n) is 5.31. The quantitative estimate of drug-likeness (QED) is 0.881. The average Bonchev–Trinajstić information content (AvgIpc) is 2.48. The second-order valence-corrected chi connectivity index (χ2v) is 5.31. The van der Waals surface area contributed by atoms with Crippen LogP contribution in [0.25, 0.3) is 0 Å². The maximum Gasteiger partial charge on any atom is 0.0991 e. The first kappa shape index (κ1) is 14.0. The van der Waals surface area contributed by atoms with Crippen molar-refractivity contribution < 1.29 is 0 Å². The molecule has 1 aliphatic rings. The fourth-order valence-electron chi connectivity index (χ4n) is 2.59. The Morgan fingerprint density at radius 3 is 2.53 bits per heavy atom. The Balaban J connectivity index is 1.73. The Morgan fingerprint density at radius 1 is 1.21 bits per heavy atom. The number of hydrogen-bond donors (Lipinski definition) is 1. The lowest BCUT2D eigenvalue weighted by molar-refractivity contribution is 0.227. The van der Waals surface area contributed by atoms with E-state index >= 15 is 0 Å². The summed E-state index contributed by atoms with van der Waals surface area (Å²) >= 11 is 0. The van der Waals surface area contributed by atoms with Crippen molar-refractivity contribution in [1.29, 1.82) is 5.26 Å².